The maximum atomic E-state index is 6.30. The number of hydrogen-bond donors (Lipinski definition) is 1. The number of para-hydroxylation sites is 1. The smallest absolute Gasteiger partial charge is 0.110 e. The number of imidazole rings is 1. The number of aryl methyl sites for hydroxylation is 2. The third-order valence-electron chi connectivity index (χ3n) is 3.65. The van der Waals surface area contributed by atoms with Crippen molar-refractivity contribution in [1.29, 1.82) is 0 Å². The molecule has 0 saturated carbocycles. The number of aromatic nitrogens is 3. The number of rotatable bonds is 3. The molecule has 0 spiro atoms. The van der Waals surface area contributed by atoms with Gasteiger partial charge in [-0.2, -0.15) is 0 Å². The summed E-state index contributed by atoms with van der Waals surface area (Å²) in [5.74, 6) is 0.977. The molecule has 2 aromatic heterocycles. The molecule has 2 heterocycles. The number of nitrogens with zero attached hydrogens (tertiary/aromatic N) is 3. The van der Waals surface area contributed by atoms with Gasteiger partial charge in [0, 0.05) is 31.2 Å². The summed E-state index contributed by atoms with van der Waals surface area (Å²) in [6.45, 7) is 2.10. The van der Waals surface area contributed by atoms with Gasteiger partial charge in [0.25, 0.3) is 0 Å². The van der Waals surface area contributed by atoms with Crippen molar-refractivity contribution in [2.75, 3.05) is 0 Å². The van der Waals surface area contributed by atoms with Crippen LogP contribution in [-0.4, -0.2) is 14.5 Å². The molecule has 0 aliphatic rings. The zero-order valence-electron chi connectivity index (χ0n) is 11.7. The summed E-state index contributed by atoms with van der Waals surface area (Å²) in [7, 11) is 1.98. The molecule has 3 aromatic rings. The van der Waals surface area contributed by atoms with Gasteiger partial charge >= 0.3 is 0 Å². The highest BCUT2D eigenvalue weighted by Gasteiger charge is 2.13. The van der Waals surface area contributed by atoms with Crippen LogP contribution < -0.4 is 5.73 Å². The maximum Gasteiger partial charge on any atom is 0.110 e. The molecule has 20 heavy (non-hydrogen) atoms. The molecule has 0 aliphatic carbocycles. The van der Waals surface area contributed by atoms with Crippen molar-refractivity contribution in [2.45, 2.75) is 19.4 Å². The molecule has 1 aromatic carbocycles. The van der Waals surface area contributed by atoms with Crippen molar-refractivity contribution in [1.82, 2.24) is 14.5 Å². The average Bonchev–Trinajstić information content (AvgIpc) is 2.84. The molecule has 0 radical (unpaired) electrons. The van der Waals surface area contributed by atoms with Gasteiger partial charge < -0.3 is 10.3 Å². The molecule has 102 valence electrons. The van der Waals surface area contributed by atoms with E-state index in [0.717, 1.165) is 17.0 Å². The normalized spacial score (nSPS) is 12.8. The van der Waals surface area contributed by atoms with E-state index >= 15 is 0 Å². The van der Waals surface area contributed by atoms with E-state index in [1.54, 1.807) is 6.20 Å². The summed E-state index contributed by atoms with van der Waals surface area (Å²) in [5, 5.41) is 1.18. The van der Waals surface area contributed by atoms with Crippen molar-refractivity contribution < 1.29 is 0 Å². The molecule has 1 unspecified atom stereocenters. The van der Waals surface area contributed by atoms with E-state index in [9.17, 15) is 0 Å². The molecular weight excluding hydrogens is 248 g/mol. The molecule has 0 saturated heterocycles. The third-order valence-corrected chi connectivity index (χ3v) is 3.65. The Balaban J connectivity index is 1.95. The number of pyridine rings is 1. The van der Waals surface area contributed by atoms with Gasteiger partial charge in [0.15, 0.2) is 0 Å². The summed E-state index contributed by atoms with van der Waals surface area (Å²) in [5.41, 5.74) is 9.43. The molecule has 0 fully saturated rings. The Bertz CT molecular complexity index is 745. The standard InChI is InChI=1S/C16H18N4/c1-11-9-15(19-14-6-4-3-5-12(11)14)13(17)10-16-18-7-8-20(16)2/h3-9,13H,10,17H2,1-2H3. The van der Waals surface area contributed by atoms with Crippen LogP contribution in [0.4, 0.5) is 0 Å². The lowest BCUT2D eigenvalue weighted by molar-refractivity contribution is 0.645. The molecule has 4 nitrogen and oxygen atoms in total. The zero-order valence-corrected chi connectivity index (χ0v) is 11.7. The van der Waals surface area contributed by atoms with Gasteiger partial charge in [0.05, 0.1) is 17.3 Å². The monoisotopic (exact) mass is 266 g/mol. The second-order valence-electron chi connectivity index (χ2n) is 5.15. The van der Waals surface area contributed by atoms with Crippen LogP contribution in [0.1, 0.15) is 23.1 Å². The van der Waals surface area contributed by atoms with E-state index < -0.39 is 0 Å². The highest BCUT2D eigenvalue weighted by molar-refractivity contribution is 5.82. The first kappa shape index (κ1) is 12.8. The Kier molecular flexibility index (Phi) is 3.24. The van der Waals surface area contributed by atoms with Gasteiger partial charge in [-0.25, -0.2) is 4.98 Å². The van der Waals surface area contributed by atoms with E-state index in [-0.39, 0.29) is 6.04 Å². The number of fused-ring (bicyclic) bond motifs is 1. The van der Waals surface area contributed by atoms with Gasteiger partial charge in [-0.3, -0.25) is 4.98 Å². The van der Waals surface area contributed by atoms with Crippen molar-refractivity contribution in [2.24, 2.45) is 12.8 Å². The molecule has 0 aliphatic heterocycles. The predicted molar refractivity (Wildman–Crippen MR) is 80.3 cm³/mol. The summed E-state index contributed by atoms with van der Waals surface area (Å²) < 4.78 is 1.99. The topological polar surface area (TPSA) is 56.7 Å². The minimum atomic E-state index is -0.139. The van der Waals surface area contributed by atoms with E-state index in [1.165, 1.54) is 10.9 Å². The Labute approximate surface area is 118 Å². The van der Waals surface area contributed by atoms with Crippen LogP contribution in [0, 0.1) is 6.92 Å². The minimum absolute atomic E-state index is 0.139. The Morgan fingerprint density at radius 3 is 2.85 bits per heavy atom. The van der Waals surface area contributed by atoms with Crippen LogP contribution >= 0.6 is 0 Å². The molecule has 0 amide bonds. The van der Waals surface area contributed by atoms with Crippen LogP contribution in [0.25, 0.3) is 10.9 Å². The lowest BCUT2D eigenvalue weighted by atomic mass is 10.0. The Morgan fingerprint density at radius 1 is 1.30 bits per heavy atom. The highest BCUT2D eigenvalue weighted by Crippen LogP contribution is 2.21. The molecule has 1 atom stereocenters. The van der Waals surface area contributed by atoms with Crippen molar-refractivity contribution in [3.8, 4) is 0 Å². The number of benzene rings is 1. The molecule has 0 bridgehead atoms. The van der Waals surface area contributed by atoms with Gasteiger partial charge in [-0.05, 0) is 24.6 Å². The zero-order chi connectivity index (χ0) is 14.1. The van der Waals surface area contributed by atoms with E-state index in [4.69, 9.17) is 5.73 Å². The predicted octanol–water partition coefficient (Wildman–Crippen LogP) is 2.52. The first-order valence-corrected chi connectivity index (χ1v) is 6.73. The first-order valence-electron chi connectivity index (χ1n) is 6.73. The summed E-state index contributed by atoms with van der Waals surface area (Å²) >= 11 is 0. The quantitative estimate of drug-likeness (QED) is 0.792. The lowest BCUT2D eigenvalue weighted by Gasteiger charge is -2.13. The van der Waals surface area contributed by atoms with E-state index in [2.05, 4.69) is 29.0 Å². The van der Waals surface area contributed by atoms with Crippen molar-refractivity contribution in [3.05, 3.63) is 59.8 Å². The fourth-order valence-electron chi connectivity index (χ4n) is 2.46. The second-order valence-corrected chi connectivity index (χ2v) is 5.15. The Hall–Kier alpha value is -2.20. The van der Waals surface area contributed by atoms with Crippen LogP contribution in [-0.2, 0) is 13.5 Å². The average molecular weight is 266 g/mol. The second kappa shape index (κ2) is 5.06. The molecular formula is C16H18N4. The third kappa shape index (κ3) is 2.30. The van der Waals surface area contributed by atoms with E-state index in [1.807, 2.05) is 36.0 Å². The molecule has 2 N–H and O–H groups in total. The van der Waals surface area contributed by atoms with E-state index in [0.29, 0.717) is 6.42 Å². The summed E-state index contributed by atoms with van der Waals surface area (Å²) in [4.78, 5) is 9.01. The minimum Gasteiger partial charge on any atom is -0.338 e. The Morgan fingerprint density at radius 2 is 2.10 bits per heavy atom. The largest absolute Gasteiger partial charge is 0.338 e. The summed E-state index contributed by atoms with van der Waals surface area (Å²) in [6, 6.07) is 10.1. The van der Waals surface area contributed by atoms with Crippen molar-refractivity contribution in [3.63, 3.8) is 0 Å². The lowest BCUT2D eigenvalue weighted by Crippen LogP contribution is -2.17. The van der Waals surface area contributed by atoms with Gasteiger partial charge in [-0.15, -0.1) is 0 Å². The molecule has 3 rings (SSSR count). The van der Waals surface area contributed by atoms with Gasteiger partial charge in [0.1, 0.15) is 5.82 Å². The van der Waals surface area contributed by atoms with Crippen LogP contribution in [0.15, 0.2) is 42.7 Å². The number of nitrogens with two attached hydrogens (primary N) is 1. The van der Waals surface area contributed by atoms with Crippen molar-refractivity contribution >= 4 is 10.9 Å². The number of hydrogen-bond acceptors (Lipinski definition) is 3. The fourth-order valence-corrected chi connectivity index (χ4v) is 2.46. The van der Waals surface area contributed by atoms with Crippen LogP contribution in [0.5, 0.6) is 0 Å². The molecule has 4 heteroatoms. The highest BCUT2D eigenvalue weighted by atomic mass is 15.0. The van der Waals surface area contributed by atoms with Crippen LogP contribution in [0.2, 0.25) is 0 Å². The summed E-state index contributed by atoms with van der Waals surface area (Å²) in [6.07, 6.45) is 4.41. The SMILES string of the molecule is Cc1cc(C(N)Cc2nccn2C)nc2ccccc12. The maximum absolute atomic E-state index is 6.30. The van der Waals surface area contributed by atoms with Gasteiger partial charge in [0.2, 0.25) is 0 Å². The fraction of sp³-hybridized carbons (Fsp3) is 0.250. The first-order chi connectivity index (χ1) is 9.65. The van der Waals surface area contributed by atoms with Gasteiger partial charge in [-0.1, -0.05) is 18.2 Å². The van der Waals surface area contributed by atoms with Crippen LogP contribution in [0.3, 0.4) is 0 Å².